The van der Waals surface area contributed by atoms with Crippen LogP contribution in [0.2, 0.25) is 0 Å². The van der Waals surface area contributed by atoms with Gasteiger partial charge in [0.05, 0.1) is 25.2 Å². The fourth-order valence-corrected chi connectivity index (χ4v) is 5.01. The highest BCUT2D eigenvalue weighted by Gasteiger charge is 2.22. The molecule has 0 N–H and O–H groups in total. The molecule has 4 heterocycles. The number of nitrogens with zero attached hydrogens (tertiary/aromatic N) is 7. The van der Waals surface area contributed by atoms with Crippen LogP contribution in [-0.4, -0.2) is 68.8 Å². The maximum absolute atomic E-state index is 12.9. The van der Waals surface area contributed by atoms with Crippen LogP contribution in [0.4, 0.5) is 5.82 Å². The number of pyridine rings is 1. The highest BCUT2D eigenvalue weighted by atomic mass is 16.5. The van der Waals surface area contributed by atoms with Gasteiger partial charge in [-0.1, -0.05) is 12.1 Å². The van der Waals surface area contributed by atoms with E-state index >= 15 is 0 Å². The van der Waals surface area contributed by atoms with Crippen molar-refractivity contribution in [1.29, 1.82) is 0 Å². The quantitative estimate of drug-likeness (QED) is 0.335. The van der Waals surface area contributed by atoms with Crippen LogP contribution in [0.3, 0.4) is 0 Å². The van der Waals surface area contributed by atoms with Crippen molar-refractivity contribution < 1.29 is 9.53 Å². The summed E-state index contributed by atoms with van der Waals surface area (Å²) in [6.45, 7) is 2.84. The molecule has 0 bridgehead atoms. The van der Waals surface area contributed by atoms with Crippen molar-refractivity contribution in [3.63, 3.8) is 0 Å². The van der Waals surface area contributed by atoms with E-state index in [1.54, 1.807) is 18.1 Å². The van der Waals surface area contributed by atoms with Crippen molar-refractivity contribution in [3.8, 4) is 28.0 Å². The van der Waals surface area contributed by atoms with E-state index in [0.29, 0.717) is 19.5 Å². The van der Waals surface area contributed by atoms with Crippen molar-refractivity contribution in [2.24, 2.45) is 7.05 Å². The summed E-state index contributed by atoms with van der Waals surface area (Å²) in [5.41, 5.74) is 5.97. The Balaban J connectivity index is 1.16. The van der Waals surface area contributed by atoms with Gasteiger partial charge in [-0.15, -0.1) is 0 Å². The number of anilines is 1. The number of methoxy groups -OCH3 is 1. The number of ether oxygens (including phenoxy) is 1. The Bertz CT molecular complexity index is 1610. The summed E-state index contributed by atoms with van der Waals surface area (Å²) >= 11 is 0. The molecule has 0 aliphatic carbocycles. The predicted molar refractivity (Wildman–Crippen MR) is 150 cm³/mol. The van der Waals surface area contributed by atoms with Gasteiger partial charge in [0.15, 0.2) is 0 Å². The maximum Gasteiger partial charge on any atom is 0.227 e. The number of aryl methyl sites for hydroxylation is 1. The largest absolute Gasteiger partial charge is 0.497 e. The number of aromatic nitrogens is 5. The second-order valence-electron chi connectivity index (χ2n) is 9.68. The van der Waals surface area contributed by atoms with E-state index < -0.39 is 0 Å². The highest BCUT2D eigenvalue weighted by Crippen LogP contribution is 2.33. The third-order valence-corrected chi connectivity index (χ3v) is 7.19. The summed E-state index contributed by atoms with van der Waals surface area (Å²) in [6, 6.07) is 16.0. The third-order valence-electron chi connectivity index (χ3n) is 7.19. The summed E-state index contributed by atoms with van der Waals surface area (Å²) < 4.78 is 7.00. The number of hydrogen-bond acceptors (Lipinski definition) is 7. The summed E-state index contributed by atoms with van der Waals surface area (Å²) in [5, 5.41) is 5.29. The molecule has 5 aromatic rings. The van der Waals surface area contributed by atoms with E-state index in [0.717, 1.165) is 63.4 Å². The van der Waals surface area contributed by atoms with E-state index in [4.69, 9.17) is 9.72 Å². The van der Waals surface area contributed by atoms with E-state index in [1.165, 1.54) is 0 Å². The monoisotopic (exact) mass is 519 g/mol. The van der Waals surface area contributed by atoms with E-state index in [9.17, 15) is 4.79 Å². The molecular weight excluding hydrogens is 490 g/mol. The van der Waals surface area contributed by atoms with Gasteiger partial charge >= 0.3 is 0 Å². The van der Waals surface area contributed by atoms with Gasteiger partial charge in [-0.05, 0) is 53.1 Å². The lowest BCUT2D eigenvalue weighted by molar-refractivity contribution is -0.130. The second kappa shape index (κ2) is 10.5. The predicted octanol–water partition coefficient (Wildman–Crippen LogP) is 3.99. The van der Waals surface area contributed by atoms with Crippen molar-refractivity contribution >= 4 is 22.6 Å². The van der Waals surface area contributed by atoms with Crippen molar-refractivity contribution in [2.45, 2.75) is 6.42 Å². The number of rotatable bonds is 6. The molecular formula is C30H29N7O2. The van der Waals surface area contributed by atoms with Gasteiger partial charge in [-0.25, -0.2) is 15.0 Å². The smallest absolute Gasteiger partial charge is 0.227 e. The molecule has 9 heteroatoms. The Morgan fingerprint density at radius 2 is 1.72 bits per heavy atom. The summed E-state index contributed by atoms with van der Waals surface area (Å²) in [7, 11) is 3.55. The van der Waals surface area contributed by atoms with Crippen LogP contribution >= 0.6 is 0 Å². The molecule has 196 valence electrons. The molecule has 1 saturated heterocycles. The van der Waals surface area contributed by atoms with Crippen molar-refractivity contribution in [3.05, 3.63) is 85.2 Å². The lowest BCUT2D eigenvalue weighted by Gasteiger charge is -2.35. The fourth-order valence-electron chi connectivity index (χ4n) is 5.01. The maximum atomic E-state index is 12.9. The first kappa shape index (κ1) is 24.5. The van der Waals surface area contributed by atoms with Crippen LogP contribution in [0, 0.1) is 0 Å². The van der Waals surface area contributed by atoms with Gasteiger partial charge in [-0.2, -0.15) is 5.10 Å². The second-order valence-corrected chi connectivity index (χ2v) is 9.68. The molecule has 0 radical (unpaired) electrons. The number of carbonyl (C=O) groups is 1. The van der Waals surface area contributed by atoms with Gasteiger partial charge in [0.2, 0.25) is 5.91 Å². The molecule has 0 unspecified atom stereocenters. The van der Waals surface area contributed by atoms with Crippen LogP contribution in [0.1, 0.15) is 5.56 Å². The van der Waals surface area contributed by atoms with Crippen LogP contribution < -0.4 is 9.64 Å². The first-order valence-electron chi connectivity index (χ1n) is 12.9. The normalized spacial score (nSPS) is 13.6. The minimum atomic E-state index is 0.144. The molecule has 0 spiro atoms. The topological polar surface area (TPSA) is 89.3 Å². The van der Waals surface area contributed by atoms with Gasteiger partial charge in [0, 0.05) is 68.3 Å². The Morgan fingerprint density at radius 1 is 0.897 bits per heavy atom. The molecule has 1 amide bonds. The Labute approximate surface area is 226 Å². The zero-order chi connectivity index (χ0) is 26.8. The first-order valence-corrected chi connectivity index (χ1v) is 12.9. The highest BCUT2D eigenvalue weighted by molar-refractivity contribution is 5.97. The average Bonchev–Trinajstić information content (AvgIpc) is 3.43. The fraction of sp³-hybridized carbons (Fsp3) is 0.233. The molecule has 2 aromatic carbocycles. The van der Waals surface area contributed by atoms with Gasteiger partial charge in [0.1, 0.15) is 17.9 Å². The molecule has 0 atom stereocenters. The first-order chi connectivity index (χ1) is 19.1. The van der Waals surface area contributed by atoms with E-state index in [-0.39, 0.29) is 5.91 Å². The summed E-state index contributed by atoms with van der Waals surface area (Å²) in [4.78, 5) is 30.6. The molecule has 9 nitrogen and oxygen atoms in total. The standard InChI is InChI=1S/C30H29N7O2/c1-35-19-24(17-34-35)23-14-26(27-18-31-20-33-28(27)15-23)22-5-8-29(32-16-22)36-9-11-37(12-10-36)30(38)13-21-3-6-25(39-2)7-4-21/h3-8,14-20H,9-13H2,1-2H3. The number of benzene rings is 2. The Hall–Kier alpha value is -4.79. The molecule has 0 saturated carbocycles. The van der Waals surface area contributed by atoms with Crippen LogP contribution in [0.15, 0.2) is 79.6 Å². The summed E-state index contributed by atoms with van der Waals surface area (Å²) in [5.74, 6) is 1.84. The minimum Gasteiger partial charge on any atom is -0.497 e. The van der Waals surface area contributed by atoms with Gasteiger partial charge in [-0.3, -0.25) is 9.48 Å². The van der Waals surface area contributed by atoms with Gasteiger partial charge in [0.25, 0.3) is 0 Å². The number of piperazine rings is 1. The molecule has 1 fully saturated rings. The number of carbonyl (C=O) groups excluding carboxylic acids is 1. The zero-order valence-electron chi connectivity index (χ0n) is 22.0. The van der Waals surface area contributed by atoms with E-state index in [2.05, 4.69) is 44.2 Å². The Kier molecular flexibility index (Phi) is 6.62. The van der Waals surface area contributed by atoms with Crippen molar-refractivity contribution in [1.82, 2.24) is 29.6 Å². The van der Waals surface area contributed by atoms with E-state index in [1.807, 2.05) is 61.0 Å². The van der Waals surface area contributed by atoms with Gasteiger partial charge < -0.3 is 14.5 Å². The lowest BCUT2D eigenvalue weighted by Crippen LogP contribution is -2.49. The summed E-state index contributed by atoms with van der Waals surface area (Å²) in [6.07, 6.45) is 9.57. The van der Waals surface area contributed by atoms with Crippen LogP contribution in [0.25, 0.3) is 33.2 Å². The average molecular weight is 520 g/mol. The van der Waals surface area contributed by atoms with Crippen LogP contribution in [0.5, 0.6) is 5.75 Å². The Morgan fingerprint density at radius 3 is 2.41 bits per heavy atom. The number of hydrogen-bond donors (Lipinski definition) is 0. The minimum absolute atomic E-state index is 0.144. The third kappa shape index (κ3) is 5.16. The molecule has 1 aliphatic heterocycles. The van der Waals surface area contributed by atoms with Crippen molar-refractivity contribution in [2.75, 3.05) is 38.2 Å². The van der Waals surface area contributed by atoms with Crippen LogP contribution in [-0.2, 0) is 18.3 Å². The SMILES string of the molecule is COc1ccc(CC(=O)N2CCN(c3ccc(-c4cc(-c5cnn(C)c5)cc5ncncc45)cn3)CC2)cc1. The lowest BCUT2D eigenvalue weighted by atomic mass is 9.97. The molecule has 39 heavy (non-hydrogen) atoms. The molecule has 3 aromatic heterocycles. The zero-order valence-corrected chi connectivity index (χ0v) is 22.0. The number of amides is 1. The number of fused-ring (bicyclic) bond motifs is 1. The molecule has 6 rings (SSSR count). The molecule has 1 aliphatic rings.